The van der Waals surface area contributed by atoms with Crippen LogP contribution in [0.25, 0.3) is 0 Å². The van der Waals surface area contributed by atoms with E-state index in [0.29, 0.717) is 32.3 Å². The third-order valence-corrected chi connectivity index (χ3v) is 3.01. The van der Waals surface area contributed by atoms with E-state index in [1.165, 1.54) is 0 Å². The van der Waals surface area contributed by atoms with E-state index in [0.717, 1.165) is 19.5 Å². The predicted molar refractivity (Wildman–Crippen MR) is 105 cm³/mol. The minimum absolute atomic E-state index is 0.423. The van der Waals surface area contributed by atoms with E-state index >= 15 is 0 Å². The average Bonchev–Trinajstić information content (AvgIpc) is 2.49. The molecule has 0 rings (SSSR count). The highest BCUT2D eigenvalue weighted by atomic mass is 16.6. The predicted octanol–water partition coefficient (Wildman–Crippen LogP) is 1.90. The van der Waals surface area contributed by atoms with Crippen molar-refractivity contribution in [3.8, 4) is 0 Å². The molecule has 3 N–H and O–H groups in total. The lowest BCUT2D eigenvalue weighted by Crippen LogP contribution is -2.49. The van der Waals surface area contributed by atoms with Crippen LogP contribution < -0.4 is 16.0 Å². The Morgan fingerprint density at radius 1 is 1.04 bits per heavy atom. The van der Waals surface area contributed by atoms with Gasteiger partial charge in [0.15, 0.2) is 5.96 Å². The van der Waals surface area contributed by atoms with E-state index in [2.05, 4.69) is 20.9 Å². The number of carbonyl (C=O) groups excluding carboxylic acids is 1. The van der Waals surface area contributed by atoms with E-state index in [1.54, 1.807) is 7.11 Å². The minimum Gasteiger partial charge on any atom is -0.444 e. The number of ether oxygens (including phenoxy) is 3. The van der Waals surface area contributed by atoms with Crippen molar-refractivity contribution >= 4 is 12.1 Å². The van der Waals surface area contributed by atoms with Gasteiger partial charge in [0, 0.05) is 26.8 Å². The molecule has 8 heteroatoms. The first-order valence-electron chi connectivity index (χ1n) is 9.19. The van der Waals surface area contributed by atoms with Gasteiger partial charge in [-0.2, -0.15) is 0 Å². The van der Waals surface area contributed by atoms with Gasteiger partial charge in [0.2, 0.25) is 0 Å². The number of nitrogens with one attached hydrogen (secondary N) is 3. The molecule has 0 spiro atoms. The number of alkyl carbamates (subject to hydrolysis) is 1. The first kappa shape index (κ1) is 24.5. The largest absolute Gasteiger partial charge is 0.444 e. The SMILES string of the molecule is CCNC(=NCC(C)(C)NC(=O)OC(C)(C)C)NCCCOCCOC. The number of methoxy groups -OCH3 is 1. The van der Waals surface area contributed by atoms with Gasteiger partial charge < -0.3 is 30.2 Å². The number of aliphatic imine (C=N–C) groups is 1. The van der Waals surface area contributed by atoms with Crippen molar-refractivity contribution in [3.05, 3.63) is 0 Å². The number of amides is 1. The Labute approximate surface area is 158 Å². The fourth-order valence-electron chi connectivity index (χ4n) is 1.86. The number of hydrogen-bond acceptors (Lipinski definition) is 5. The number of nitrogens with zero attached hydrogens (tertiary/aromatic N) is 1. The average molecular weight is 375 g/mol. The van der Waals surface area contributed by atoms with E-state index in [-0.39, 0.29) is 0 Å². The van der Waals surface area contributed by atoms with Crippen LogP contribution in [0, 0.1) is 0 Å². The third kappa shape index (κ3) is 14.8. The summed E-state index contributed by atoms with van der Waals surface area (Å²) in [6.45, 7) is 15.2. The van der Waals surface area contributed by atoms with E-state index in [9.17, 15) is 4.79 Å². The quantitative estimate of drug-likeness (QED) is 0.291. The van der Waals surface area contributed by atoms with Crippen LogP contribution in [0.15, 0.2) is 4.99 Å². The van der Waals surface area contributed by atoms with E-state index in [1.807, 2.05) is 41.5 Å². The van der Waals surface area contributed by atoms with Gasteiger partial charge in [-0.05, 0) is 48.0 Å². The molecule has 0 unspecified atom stereocenters. The van der Waals surface area contributed by atoms with Gasteiger partial charge in [-0.3, -0.25) is 4.99 Å². The van der Waals surface area contributed by atoms with Crippen molar-refractivity contribution < 1.29 is 19.0 Å². The highest BCUT2D eigenvalue weighted by molar-refractivity contribution is 5.79. The lowest BCUT2D eigenvalue weighted by molar-refractivity contribution is 0.0476. The summed E-state index contributed by atoms with van der Waals surface area (Å²) in [7, 11) is 1.66. The summed E-state index contributed by atoms with van der Waals surface area (Å²) in [5, 5.41) is 9.30. The summed E-state index contributed by atoms with van der Waals surface area (Å²) in [5.74, 6) is 0.712. The monoisotopic (exact) mass is 374 g/mol. The van der Waals surface area contributed by atoms with E-state index in [4.69, 9.17) is 14.2 Å². The normalized spacial score (nSPS) is 12.7. The van der Waals surface area contributed by atoms with Gasteiger partial charge in [0.25, 0.3) is 0 Å². The maximum atomic E-state index is 11.9. The zero-order valence-electron chi connectivity index (χ0n) is 17.5. The molecular weight excluding hydrogens is 336 g/mol. The smallest absolute Gasteiger partial charge is 0.408 e. The summed E-state index contributed by atoms with van der Waals surface area (Å²) >= 11 is 0. The van der Waals surface area contributed by atoms with Crippen molar-refractivity contribution in [1.82, 2.24) is 16.0 Å². The molecule has 1 amide bonds. The molecule has 0 aliphatic carbocycles. The molecule has 0 radical (unpaired) electrons. The van der Waals surface area contributed by atoms with E-state index < -0.39 is 17.2 Å². The number of guanidine groups is 1. The summed E-state index contributed by atoms with van der Waals surface area (Å²) in [4.78, 5) is 16.5. The fraction of sp³-hybridized carbons (Fsp3) is 0.889. The molecule has 0 heterocycles. The molecule has 0 aromatic carbocycles. The molecule has 0 saturated heterocycles. The summed E-state index contributed by atoms with van der Waals surface area (Å²) < 4.78 is 15.6. The summed E-state index contributed by atoms with van der Waals surface area (Å²) in [5.41, 5.74) is -1.04. The molecule has 8 nitrogen and oxygen atoms in total. The van der Waals surface area contributed by atoms with Crippen molar-refractivity contribution in [2.75, 3.05) is 46.6 Å². The third-order valence-electron chi connectivity index (χ3n) is 3.01. The maximum Gasteiger partial charge on any atom is 0.408 e. The number of carbonyl (C=O) groups is 1. The Balaban J connectivity index is 4.33. The number of rotatable bonds is 11. The minimum atomic E-state index is -0.523. The molecule has 0 aliphatic rings. The Morgan fingerprint density at radius 2 is 1.73 bits per heavy atom. The van der Waals surface area contributed by atoms with Crippen LogP contribution in [0.2, 0.25) is 0 Å². The Morgan fingerprint density at radius 3 is 2.31 bits per heavy atom. The lowest BCUT2D eigenvalue weighted by Gasteiger charge is -2.27. The molecule has 0 aromatic heterocycles. The highest BCUT2D eigenvalue weighted by Gasteiger charge is 2.24. The second-order valence-electron chi connectivity index (χ2n) is 7.59. The van der Waals surface area contributed by atoms with Crippen molar-refractivity contribution in [2.24, 2.45) is 4.99 Å². The Kier molecular flexibility index (Phi) is 12.0. The maximum absolute atomic E-state index is 11.9. The molecule has 0 fully saturated rings. The standard InChI is InChI=1S/C18H38N4O4/c1-8-19-15(20-10-9-11-25-13-12-24-7)21-14-18(5,6)22-16(23)26-17(2,3)4/h8-14H2,1-7H3,(H,22,23)(H2,19,20,21). The van der Waals surface area contributed by atoms with Crippen molar-refractivity contribution in [2.45, 2.75) is 59.1 Å². The van der Waals surface area contributed by atoms with Crippen LogP contribution in [0.3, 0.4) is 0 Å². The second-order valence-corrected chi connectivity index (χ2v) is 7.59. The topological polar surface area (TPSA) is 93.2 Å². The molecule has 26 heavy (non-hydrogen) atoms. The van der Waals surface area contributed by atoms with Crippen LogP contribution in [-0.2, 0) is 14.2 Å². The van der Waals surface area contributed by atoms with Gasteiger partial charge in [0.05, 0.1) is 25.3 Å². The molecule has 0 saturated carbocycles. The highest BCUT2D eigenvalue weighted by Crippen LogP contribution is 2.09. The summed E-state index contributed by atoms with van der Waals surface area (Å²) in [6.07, 6.45) is 0.428. The van der Waals surface area contributed by atoms with Gasteiger partial charge in [-0.1, -0.05) is 0 Å². The van der Waals surface area contributed by atoms with Crippen LogP contribution >= 0.6 is 0 Å². The van der Waals surface area contributed by atoms with Crippen LogP contribution in [0.4, 0.5) is 4.79 Å². The molecule has 0 atom stereocenters. The molecule has 154 valence electrons. The van der Waals surface area contributed by atoms with Crippen LogP contribution in [0.5, 0.6) is 0 Å². The second kappa shape index (κ2) is 12.8. The first-order valence-corrected chi connectivity index (χ1v) is 9.19. The van der Waals surface area contributed by atoms with Gasteiger partial charge in [-0.15, -0.1) is 0 Å². The van der Waals surface area contributed by atoms with Crippen LogP contribution in [-0.4, -0.2) is 69.8 Å². The molecule has 0 aliphatic heterocycles. The van der Waals surface area contributed by atoms with Gasteiger partial charge in [0.1, 0.15) is 5.60 Å². The van der Waals surface area contributed by atoms with Crippen molar-refractivity contribution in [1.29, 1.82) is 0 Å². The van der Waals surface area contributed by atoms with Crippen molar-refractivity contribution in [3.63, 3.8) is 0 Å². The van der Waals surface area contributed by atoms with Gasteiger partial charge in [-0.25, -0.2) is 4.79 Å². The fourth-order valence-corrected chi connectivity index (χ4v) is 1.86. The molecule has 0 aromatic rings. The molecule has 0 bridgehead atoms. The van der Waals surface area contributed by atoms with Gasteiger partial charge >= 0.3 is 6.09 Å². The Bertz CT molecular complexity index is 420. The number of hydrogen-bond donors (Lipinski definition) is 3. The zero-order valence-corrected chi connectivity index (χ0v) is 17.5. The molecular formula is C18H38N4O4. The first-order chi connectivity index (χ1) is 12.1. The van der Waals surface area contributed by atoms with Crippen LogP contribution in [0.1, 0.15) is 48.0 Å². The zero-order chi connectivity index (χ0) is 20.1. The summed E-state index contributed by atoms with van der Waals surface area (Å²) in [6, 6.07) is 0. The Hall–Kier alpha value is -1.54. The lowest BCUT2D eigenvalue weighted by atomic mass is 10.1.